The Kier molecular flexibility index (Phi) is 6.59. The van der Waals surface area contributed by atoms with Crippen molar-refractivity contribution in [3.05, 3.63) is 48.3 Å². The molecule has 25 heavy (non-hydrogen) atoms. The molecule has 2 amide bonds. The summed E-state index contributed by atoms with van der Waals surface area (Å²) in [6, 6.07) is 8.56. The number of aromatic nitrogens is 1. The molecule has 0 saturated heterocycles. The van der Waals surface area contributed by atoms with Crippen LogP contribution in [0.3, 0.4) is 0 Å². The molecular formula is C18H23N3O4. The topological polar surface area (TPSA) is 83.8 Å². The number of benzene rings is 1. The zero-order chi connectivity index (χ0) is 18.2. The van der Waals surface area contributed by atoms with Gasteiger partial charge in [0.25, 0.3) is 5.91 Å². The number of carbonyl (C=O) groups excluding carboxylic acids is 2. The van der Waals surface area contributed by atoms with Crippen LogP contribution in [0.25, 0.3) is 5.69 Å². The van der Waals surface area contributed by atoms with E-state index in [2.05, 4.69) is 5.32 Å². The minimum atomic E-state index is -0.413. The number of hydrogen-bond donors (Lipinski definition) is 2. The van der Waals surface area contributed by atoms with Crippen LogP contribution in [-0.2, 0) is 9.53 Å². The van der Waals surface area contributed by atoms with Crippen LogP contribution in [0.4, 0.5) is 0 Å². The molecule has 7 nitrogen and oxygen atoms in total. The van der Waals surface area contributed by atoms with Crippen molar-refractivity contribution in [1.82, 2.24) is 14.8 Å². The molecule has 2 rings (SSSR count). The number of likely N-dealkylation sites (N-methyl/N-ethyl adjacent to an activating group) is 1. The van der Waals surface area contributed by atoms with Gasteiger partial charge in [-0.1, -0.05) is 0 Å². The van der Waals surface area contributed by atoms with Gasteiger partial charge in [-0.3, -0.25) is 9.59 Å². The summed E-state index contributed by atoms with van der Waals surface area (Å²) in [5.74, 6) is -0.789. The lowest BCUT2D eigenvalue weighted by molar-refractivity contribution is -0.121. The van der Waals surface area contributed by atoms with Gasteiger partial charge in [0.05, 0.1) is 12.1 Å². The molecule has 1 heterocycles. The first-order chi connectivity index (χ1) is 12.0. The molecule has 2 aromatic rings. The number of aromatic hydroxyl groups is 1. The SMILES string of the molecule is COCCCNC(=O)CN(C)C(=O)c1ccc(-n2cccc2)cc1O. The summed E-state index contributed by atoms with van der Waals surface area (Å²) in [7, 11) is 3.12. The Morgan fingerprint density at radius 1 is 1.28 bits per heavy atom. The van der Waals surface area contributed by atoms with Crippen LogP contribution in [0.15, 0.2) is 42.7 Å². The predicted octanol–water partition coefficient (Wildman–Crippen LogP) is 1.41. The first-order valence-electron chi connectivity index (χ1n) is 8.00. The monoisotopic (exact) mass is 345 g/mol. The van der Waals surface area contributed by atoms with E-state index in [1.165, 1.54) is 18.0 Å². The van der Waals surface area contributed by atoms with Gasteiger partial charge in [0.15, 0.2) is 0 Å². The van der Waals surface area contributed by atoms with Crippen molar-refractivity contribution in [1.29, 1.82) is 0 Å². The molecule has 2 N–H and O–H groups in total. The van der Waals surface area contributed by atoms with Gasteiger partial charge in [-0.05, 0) is 30.7 Å². The van der Waals surface area contributed by atoms with E-state index < -0.39 is 5.91 Å². The highest BCUT2D eigenvalue weighted by atomic mass is 16.5. The zero-order valence-corrected chi connectivity index (χ0v) is 14.4. The number of nitrogens with zero attached hydrogens (tertiary/aromatic N) is 2. The summed E-state index contributed by atoms with van der Waals surface area (Å²) < 4.78 is 6.73. The average molecular weight is 345 g/mol. The predicted molar refractivity (Wildman–Crippen MR) is 93.9 cm³/mol. The van der Waals surface area contributed by atoms with Gasteiger partial charge in [0.1, 0.15) is 5.75 Å². The third-order valence-corrected chi connectivity index (χ3v) is 3.69. The number of phenolic OH excluding ortho intramolecular Hbond substituents is 1. The summed E-state index contributed by atoms with van der Waals surface area (Å²) in [4.78, 5) is 25.5. The number of ether oxygens (including phenoxy) is 1. The molecule has 1 aromatic heterocycles. The molecule has 0 saturated carbocycles. The Labute approximate surface area is 146 Å². The zero-order valence-electron chi connectivity index (χ0n) is 14.4. The van der Waals surface area contributed by atoms with E-state index in [9.17, 15) is 14.7 Å². The van der Waals surface area contributed by atoms with Crippen LogP contribution < -0.4 is 5.32 Å². The van der Waals surface area contributed by atoms with Crippen LogP contribution in [0.5, 0.6) is 5.75 Å². The van der Waals surface area contributed by atoms with Crippen molar-refractivity contribution in [2.24, 2.45) is 0 Å². The van der Waals surface area contributed by atoms with E-state index in [4.69, 9.17) is 4.74 Å². The smallest absolute Gasteiger partial charge is 0.257 e. The highest BCUT2D eigenvalue weighted by molar-refractivity contribution is 5.98. The van der Waals surface area contributed by atoms with E-state index in [0.29, 0.717) is 19.6 Å². The fourth-order valence-corrected chi connectivity index (χ4v) is 2.36. The molecule has 0 bridgehead atoms. The number of phenols is 1. The number of nitrogens with one attached hydrogen (secondary N) is 1. The van der Waals surface area contributed by atoms with Crippen LogP contribution in [0.2, 0.25) is 0 Å². The summed E-state index contributed by atoms with van der Waals surface area (Å²) in [5, 5.41) is 12.9. The first kappa shape index (κ1) is 18.5. The number of hydrogen-bond acceptors (Lipinski definition) is 4. The Bertz CT molecular complexity index is 713. The summed E-state index contributed by atoms with van der Waals surface area (Å²) in [6.07, 6.45) is 4.40. The highest BCUT2D eigenvalue weighted by Crippen LogP contribution is 2.22. The fourth-order valence-electron chi connectivity index (χ4n) is 2.36. The van der Waals surface area contributed by atoms with E-state index in [-0.39, 0.29) is 23.8 Å². The Balaban J connectivity index is 1.96. The van der Waals surface area contributed by atoms with Gasteiger partial charge >= 0.3 is 0 Å². The minimum Gasteiger partial charge on any atom is -0.507 e. The molecule has 0 aliphatic rings. The Hall–Kier alpha value is -2.80. The fraction of sp³-hybridized carbons (Fsp3) is 0.333. The highest BCUT2D eigenvalue weighted by Gasteiger charge is 2.18. The number of amides is 2. The second kappa shape index (κ2) is 8.89. The van der Waals surface area contributed by atoms with Crippen molar-refractivity contribution in [3.63, 3.8) is 0 Å². The Morgan fingerprint density at radius 3 is 2.64 bits per heavy atom. The second-order valence-electron chi connectivity index (χ2n) is 5.65. The van der Waals surface area contributed by atoms with Crippen LogP contribution in [0.1, 0.15) is 16.8 Å². The minimum absolute atomic E-state index is 0.0788. The van der Waals surface area contributed by atoms with Gasteiger partial charge in [-0.2, -0.15) is 0 Å². The number of methoxy groups -OCH3 is 1. The van der Waals surface area contributed by atoms with Crippen LogP contribution >= 0.6 is 0 Å². The molecule has 134 valence electrons. The molecule has 0 aliphatic carbocycles. The molecule has 7 heteroatoms. The summed E-state index contributed by atoms with van der Waals surface area (Å²) in [6.45, 7) is 0.979. The molecule has 0 spiro atoms. The average Bonchev–Trinajstić information content (AvgIpc) is 3.12. The third kappa shape index (κ3) is 5.09. The van der Waals surface area contributed by atoms with Gasteiger partial charge in [0.2, 0.25) is 5.91 Å². The maximum Gasteiger partial charge on any atom is 0.257 e. The molecule has 0 radical (unpaired) electrons. The number of carbonyl (C=O) groups is 2. The third-order valence-electron chi connectivity index (χ3n) is 3.69. The van der Waals surface area contributed by atoms with E-state index in [1.54, 1.807) is 19.2 Å². The first-order valence-corrected chi connectivity index (χ1v) is 8.00. The lowest BCUT2D eigenvalue weighted by atomic mass is 10.1. The lowest BCUT2D eigenvalue weighted by Gasteiger charge is -2.18. The standard InChI is InChI=1S/C18H23N3O4/c1-20(13-17(23)19-8-5-11-25-2)18(24)15-7-6-14(12-16(15)22)21-9-3-4-10-21/h3-4,6-7,9-10,12,22H,5,8,11,13H2,1-2H3,(H,19,23). The molecule has 0 fully saturated rings. The lowest BCUT2D eigenvalue weighted by Crippen LogP contribution is -2.38. The largest absolute Gasteiger partial charge is 0.507 e. The molecule has 0 atom stereocenters. The normalized spacial score (nSPS) is 10.5. The van der Waals surface area contributed by atoms with Gasteiger partial charge in [-0.25, -0.2) is 0 Å². The Morgan fingerprint density at radius 2 is 2.00 bits per heavy atom. The van der Waals surface area contributed by atoms with Gasteiger partial charge < -0.3 is 24.6 Å². The van der Waals surface area contributed by atoms with Gasteiger partial charge in [-0.15, -0.1) is 0 Å². The van der Waals surface area contributed by atoms with Gasteiger partial charge in [0, 0.05) is 51.5 Å². The quantitative estimate of drug-likeness (QED) is 0.709. The van der Waals surface area contributed by atoms with E-state index >= 15 is 0 Å². The molecule has 0 aliphatic heterocycles. The van der Waals surface area contributed by atoms with Crippen LogP contribution in [-0.4, -0.2) is 60.2 Å². The molecular weight excluding hydrogens is 322 g/mol. The summed E-state index contributed by atoms with van der Waals surface area (Å²) >= 11 is 0. The van der Waals surface area contributed by atoms with Crippen molar-refractivity contribution in [3.8, 4) is 11.4 Å². The maximum absolute atomic E-state index is 12.4. The number of rotatable bonds is 8. The van der Waals surface area contributed by atoms with Crippen molar-refractivity contribution >= 4 is 11.8 Å². The van der Waals surface area contributed by atoms with E-state index in [1.807, 2.05) is 29.1 Å². The molecule has 1 aromatic carbocycles. The maximum atomic E-state index is 12.4. The van der Waals surface area contributed by atoms with Crippen molar-refractivity contribution in [2.75, 3.05) is 33.9 Å². The second-order valence-corrected chi connectivity index (χ2v) is 5.65. The molecule has 0 unspecified atom stereocenters. The van der Waals surface area contributed by atoms with Crippen LogP contribution in [0, 0.1) is 0 Å². The summed E-state index contributed by atoms with van der Waals surface area (Å²) in [5.41, 5.74) is 0.906. The van der Waals surface area contributed by atoms with Crippen molar-refractivity contribution in [2.45, 2.75) is 6.42 Å². The van der Waals surface area contributed by atoms with E-state index in [0.717, 1.165) is 5.69 Å². The van der Waals surface area contributed by atoms with Crippen molar-refractivity contribution < 1.29 is 19.4 Å².